The largest absolute Gasteiger partial charge is 0.493 e. The molecule has 0 saturated heterocycles. The van der Waals surface area contributed by atoms with E-state index in [4.69, 9.17) is 14.2 Å². The molecule has 3 aromatic rings. The van der Waals surface area contributed by atoms with Gasteiger partial charge in [-0.3, -0.25) is 4.79 Å². The van der Waals surface area contributed by atoms with Crippen molar-refractivity contribution in [1.82, 2.24) is 4.90 Å². The van der Waals surface area contributed by atoms with Crippen LogP contribution in [0.4, 0.5) is 0 Å². The summed E-state index contributed by atoms with van der Waals surface area (Å²) in [7, 11) is 3.26. The Bertz CT molecular complexity index is 1030. The van der Waals surface area contributed by atoms with Crippen molar-refractivity contribution < 1.29 is 19.0 Å². The van der Waals surface area contributed by atoms with Crippen LogP contribution in [0.25, 0.3) is 0 Å². The highest BCUT2D eigenvalue weighted by Crippen LogP contribution is 2.38. The van der Waals surface area contributed by atoms with Gasteiger partial charge in [0.1, 0.15) is 11.5 Å². The number of methoxy groups -OCH3 is 2. The van der Waals surface area contributed by atoms with E-state index in [1.54, 1.807) is 14.2 Å². The molecule has 0 radical (unpaired) electrons. The smallest absolute Gasteiger partial charge is 0.254 e. The predicted octanol–water partition coefficient (Wildman–Crippen LogP) is 5.26. The number of amides is 1. The van der Waals surface area contributed by atoms with E-state index < -0.39 is 0 Å². The second-order valence-corrected chi connectivity index (χ2v) is 7.27. The summed E-state index contributed by atoms with van der Waals surface area (Å²) >= 11 is 0. The number of para-hydroxylation sites is 1. The molecule has 1 aliphatic heterocycles. The Morgan fingerprint density at radius 2 is 1.53 bits per heavy atom. The van der Waals surface area contributed by atoms with E-state index in [9.17, 15) is 4.79 Å². The van der Waals surface area contributed by atoms with E-state index in [1.165, 1.54) is 5.56 Å². The molecule has 1 heterocycles. The number of ether oxygens (including phenoxy) is 3. The summed E-state index contributed by atoms with van der Waals surface area (Å²) in [6.45, 7) is 2.71. The van der Waals surface area contributed by atoms with Gasteiger partial charge >= 0.3 is 0 Å². The fourth-order valence-electron chi connectivity index (χ4n) is 3.88. The molecule has 154 valence electrons. The van der Waals surface area contributed by atoms with Crippen LogP contribution in [0.5, 0.6) is 23.0 Å². The molecule has 30 heavy (non-hydrogen) atoms. The Morgan fingerprint density at radius 3 is 2.20 bits per heavy atom. The van der Waals surface area contributed by atoms with Gasteiger partial charge in [0.2, 0.25) is 0 Å². The van der Waals surface area contributed by atoms with Crippen LogP contribution in [0.2, 0.25) is 0 Å². The molecule has 4 rings (SSSR count). The van der Waals surface area contributed by atoms with E-state index in [1.807, 2.05) is 71.6 Å². The highest BCUT2D eigenvalue weighted by molar-refractivity contribution is 5.94. The molecule has 0 aliphatic carbocycles. The first-order chi connectivity index (χ1) is 14.6. The Balaban J connectivity index is 1.52. The number of nitrogens with zero attached hydrogens (tertiary/aromatic N) is 1. The van der Waals surface area contributed by atoms with Crippen LogP contribution in [0, 0.1) is 0 Å². The maximum atomic E-state index is 13.2. The zero-order valence-corrected chi connectivity index (χ0v) is 17.4. The van der Waals surface area contributed by atoms with Crippen LogP contribution in [-0.4, -0.2) is 31.6 Å². The minimum Gasteiger partial charge on any atom is -0.493 e. The highest BCUT2D eigenvalue weighted by Gasteiger charge is 2.29. The van der Waals surface area contributed by atoms with Crippen molar-refractivity contribution in [2.75, 3.05) is 20.8 Å². The number of rotatable bonds is 5. The number of fused-ring (bicyclic) bond motifs is 1. The van der Waals surface area contributed by atoms with Gasteiger partial charge in [-0.25, -0.2) is 0 Å². The summed E-state index contributed by atoms with van der Waals surface area (Å²) in [6, 6.07) is 20.8. The molecule has 0 spiro atoms. The fourth-order valence-corrected chi connectivity index (χ4v) is 3.88. The van der Waals surface area contributed by atoms with E-state index in [2.05, 4.69) is 6.92 Å². The van der Waals surface area contributed by atoms with Crippen LogP contribution in [-0.2, 0) is 6.42 Å². The van der Waals surface area contributed by atoms with Gasteiger partial charge in [-0.15, -0.1) is 0 Å². The maximum absolute atomic E-state index is 13.2. The minimum atomic E-state index is -0.0544. The van der Waals surface area contributed by atoms with Crippen LogP contribution in [0.3, 0.4) is 0 Å². The number of carbonyl (C=O) groups is 1. The van der Waals surface area contributed by atoms with E-state index >= 15 is 0 Å². The summed E-state index contributed by atoms with van der Waals surface area (Å²) in [6.07, 6.45) is 0.779. The van der Waals surface area contributed by atoms with Gasteiger partial charge in [-0.2, -0.15) is 0 Å². The van der Waals surface area contributed by atoms with Gasteiger partial charge in [-0.1, -0.05) is 18.2 Å². The molecular formula is C25H25NO4. The molecule has 0 bridgehead atoms. The van der Waals surface area contributed by atoms with Crippen LogP contribution < -0.4 is 14.2 Å². The lowest BCUT2D eigenvalue weighted by atomic mass is 9.92. The predicted molar refractivity (Wildman–Crippen MR) is 116 cm³/mol. The molecule has 0 unspecified atom stereocenters. The molecule has 5 nitrogen and oxygen atoms in total. The summed E-state index contributed by atoms with van der Waals surface area (Å²) in [5.41, 5.74) is 2.93. The first-order valence-electron chi connectivity index (χ1n) is 9.99. The van der Waals surface area contributed by atoms with Crippen molar-refractivity contribution >= 4 is 5.91 Å². The first kappa shape index (κ1) is 19.8. The zero-order valence-electron chi connectivity index (χ0n) is 17.4. The first-order valence-corrected chi connectivity index (χ1v) is 9.99. The molecule has 0 saturated carbocycles. The van der Waals surface area contributed by atoms with Gasteiger partial charge in [0.05, 0.1) is 20.3 Å². The average molecular weight is 403 g/mol. The lowest BCUT2D eigenvalue weighted by molar-refractivity contribution is 0.0677. The number of carbonyl (C=O) groups excluding carboxylic acids is 1. The van der Waals surface area contributed by atoms with E-state index in [0.717, 1.165) is 23.5 Å². The molecule has 0 aromatic heterocycles. The molecular weight excluding hydrogens is 378 g/mol. The highest BCUT2D eigenvalue weighted by atomic mass is 16.5. The van der Waals surface area contributed by atoms with Crippen molar-refractivity contribution in [3.8, 4) is 23.0 Å². The van der Waals surface area contributed by atoms with E-state index in [0.29, 0.717) is 23.6 Å². The van der Waals surface area contributed by atoms with Crippen LogP contribution in [0.15, 0.2) is 66.7 Å². The average Bonchev–Trinajstić information content (AvgIpc) is 2.79. The second-order valence-electron chi connectivity index (χ2n) is 7.27. The topological polar surface area (TPSA) is 48.0 Å². The zero-order chi connectivity index (χ0) is 21.1. The molecule has 1 aliphatic rings. The maximum Gasteiger partial charge on any atom is 0.254 e. The molecule has 0 N–H and O–H groups in total. The third-order valence-corrected chi connectivity index (χ3v) is 5.53. The molecule has 3 aromatic carbocycles. The Morgan fingerprint density at radius 1 is 0.900 bits per heavy atom. The summed E-state index contributed by atoms with van der Waals surface area (Å²) in [5.74, 6) is 2.88. The Labute approximate surface area is 176 Å². The molecule has 5 heteroatoms. The van der Waals surface area contributed by atoms with Crippen LogP contribution in [0.1, 0.15) is 34.5 Å². The minimum absolute atomic E-state index is 0.00851. The second kappa shape index (κ2) is 8.49. The summed E-state index contributed by atoms with van der Waals surface area (Å²) < 4.78 is 16.7. The van der Waals surface area contributed by atoms with Gasteiger partial charge in [0.15, 0.2) is 11.5 Å². The van der Waals surface area contributed by atoms with E-state index in [-0.39, 0.29) is 11.9 Å². The lowest BCUT2D eigenvalue weighted by Gasteiger charge is -2.36. The Hall–Kier alpha value is -3.47. The lowest BCUT2D eigenvalue weighted by Crippen LogP contribution is -2.38. The number of hydrogen-bond acceptors (Lipinski definition) is 4. The van der Waals surface area contributed by atoms with Crippen molar-refractivity contribution in [2.45, 2.75) is 19.4 Å². The van der Waals surface area contributed by atoms with Gasteiger partial charge < -0.3 is 19.1 Å². The monoisotopic (exact) mass is 403 g/mol. The SMILES string of the molecule is COc1cc2c(cc1OC)[C@@H](C)N(C(=O)c1ccc(Oc3ccccc3)cc1)CC2. The molecule has 0 fully saturated rings. The van der Waals surface area contributed by atoms with Crippen LogP contribution >= 0.6 is 0 Å². The van der Waals surface area contributed by atoms with Gasteiger partial charge in [0, 0.05) is 12.1 Å². The number of hydrogen-bond donors (Lipinski definition) is 0. The van der Waals surface area contributed by atoms with Gasteiger partial charge in [0.25, 0.3) is 5.91 Å². The Kier molecular flexibility index (Phi) is 5.61. The normalized spacial score (nSPS) is 15.3. The van der Waals surface area contributed by atoms with Crippen molar-refractivity contribution in [1.29, 1.82) is 0 Å². The number of benzene rings is 3. The van der Waals surface area contributed by atoms with Crippen molar-refractivity contribution in [3.63, 3.8) is 0 Å². The summed E-state index contributed by atoms with van der Waals surface area (Å²) in [5, 5.41) is 0. The van der Waals surface area contributed by atoms with Crippen molar-refractivity contribution in [2.24, 2.45) is 0 Å². The third kappa shape index (κ3) is 3.83. The standard InChI is InChI=1S/C25H25NO4/c1-17-22-16-24(29-3)23(28-2)15-19(22)13-14-26(17)25(27)18-9-11-21(12-10-18)30-20-7-5-4-6-8-20/h4-12,15-17H,13-14H2,1-3H3/t17-/m1/s1. The van der Waals surface area contributed by atoms with Crippen molar-refractivity contribution in [3.05, 3.63) is 83.4 Å². The summed E-state index contributed by atoms with van der Waals surface area (Å²) in [4.78, 5) is 15.1. The quantitative estimate of drug-likeness (QED) is 0.583. The third-order valence-electron chi connectivity index (χ3n) is 5.53. The fraction of sp³-hybridized carbons (Fsp3) is 0.240. The molecule has 1 amide bonds. The van der Waals surface area contributed by atoms with Gasteiger partial charge in [-0.05, 0) is 73.0 Å². The molecule has 1 atom stereocenters.